The van der Waals surface area contributed by atoms with Gasteiger partial charge in [-0.25, -0.2) is 0 Å². The smallest absolute Gasteiger partial charge is 0.456 e. The van der Waals surface area contributed by atoms with Crippen LogP contribution in [0.15, 0.2) is 58.9 Å². The van der Waals surface area contributed by atoms with Crippen LogP contribution in [0, 0.1) is 0 Å². The first-order chi connectivity index (χ1) is 13.6. The van der Waals surface area contributed by atoms with E-state index in [4.69, 9.17) is 17.8 Å². The van der Waals surface area contributed by atoms with Crippen molar-refractivity contribution in [3.8, 4) is 0 Å². The van der Waals surface area contributed by atoms with Crippen molar-refractivity contribution in [1.82, 2.24) is 0 Å². The summed E-state index contributed by atoms with van der Waals surface area (Å²) >= 11 is 0. The minimum absolute atomic E-state index is 0.0546. The molecular weight excluding hydrogens is 323 g/mol. The summed E-state index contributed by atoms with van der Waals surface area (Å²) in [5, 5.41) is 3.30. The van der Waals surface area contributed by atoms with Gasteiger partial charge >= 0.3 is 7.12 Å². The van der Waals surface area contributed by atoms with Crippen molar-refractivity contribution in [1.29, 1.82) is 0 Å². The van der Waals surface area contributed by atoms with E-state index in [-0.39, 0.29) is 29.2 Å². The van der Waals surface area contributed by atoms with Gasteiger partial charge in [-0.2, -0.15) is 0 Å². The Morgan fingerprint density at radius 3 is 2.35 bits per heavy atom. The maximum atomic E-state index is 8.95. The fraction of sp³-hybridized carbons (Fsp3) is 0.273. The van der Waals surface area contributed by atoms with Crippen molar-refractivity contribution in [3.63, 3.8) is 0 Å². The predicted octanol–water partition coefficient (Wildman–Crippen LogP) is 5.04. The summed E-state index contributed by atoms with van der Waals surface area (Å²) in [7, 11) is -0.881. The summed E-state index contributed by atoms with van der Waals surface area (Å²) in [5.41, 5.74) is -0.0629. The third kappa shape index (κ3) is 2.16. The zero-order valence-electron chi connectivity index (χ0n) is 18.3. The number of hydrogen-bond donors (Lipinski definition) is 0. The summed E-state index contributed by atoms with van der Waals surface area (Å²) in [6.45, 7) is 7.73. The standard InChI is InChI=1S/C22H21BO3/c1-21(2)22(3,4)26-23(25-21)15-10-12-18-17(13-15)20-16-8-6-5-7-14(16)9-11-19(20)24-18/h5-13H,1-4H3/i10D,12D,13D. The van der Waals surface area contributed by atoms with Gasteiger partial charge in [-0.3, -0.25) is 0 Å². The van der Waals surface area contributed by atoms with Gasteiger partial charge in [0.15, 0.2) is 0 Å². The van der Waals surface area contributed by atoms with Gasteiger partial charge in [-0.05, 0) is 56.0 Å². The molecule has 130 valence electrons. The summed E-state index contributed by atoms with van der Waals surface area (Å²) in [5.74, 6) is 0. The molecule has 1 fully saturated rings. The summed E-state index contributed by atoms with van der Waals surface area (Å²) in [6, 6.07) is 11.7. The second-order valence-electron chi connectivity index (χ2n) is 7.84. The van der Waals surface area contributed by atoms with Gasteiger partial charge in [0.05, 0.1) is 15.3 Å². The molecule has 0 atom stereocenters. The van der Waals surface area contributed by atoms with Gasteiger partial charge in [-0.1, -0.05) is 42.4 Å². The molecule has 4 aromatic rings. The first-order valence-corrected chi connectivity index (χ1v) is 8.81. The van der Waals surface area contributed by atoms with Crippen LogP contribution in [0.2, 0.25) is 0 Å². The molecule has 4 heteroatoms. The number of furan rings is 1. The highest BCUT2D eigenvalue weighted by atomic mass is 16.7. The van der Waals surface area contributed by atoms with Crippen LogP contribution in [0.4, 0.5) is 0 Å². The van der Waals surface area contributed by atoms with Gasteiger partial charge in [0, 0.05) is 10.8 Å². The molecule has 3 aromatic carbocycles. The van der Waals surface area contributed by atoms with E-state index >= 15 is 0 Å². The highest BCUT2D eigenvalue weighted by Crippen LogP contribution is 2.38. The summed E-state index contributed by atoms with van der Waals surface area (Å²) < 4.78 is 44.2. The normalized spacial score (nSPS) is 20.6. The molecule has 5 rings (SSSR count). The van der Waals surface area contributed by atoms with Crippen molar-refractivity contribution in [2.75, 3.05) is 0 Å². The Morgan fingerprint density at radius 2 is 1.58 bits per heavy atom. The Hall–Kier alpha value is -2.30. The van der Waals surface area contributed by atoms with E-state index in [1.807, 2.05) is 64.1 Å². The van der Waals surface area contributed by atoms with E-state index < -0.39 is 18.3 Å². The van der Waals surface area contributed by atoms with Crippen molar-refractivity contribution >= 4 is 45.3 Å². The molecule has 1 aliphatic rings. The third-order valence-electron chi connectivity index (χ3n) is 5.64. The molecule has 1 aromatic heterocycles. The second-order valence-corrected chi connectivity index (χ2v) is 7.84. The average Bonchev–Trinajstić information content (AvgIpc) is 3.15. The Morgan fingerprint density at radius 1 is 0.846 bits per heavy atom. The van der Waals surface area contributed by atoms with Gasteiger partial charge < -0.3 is 13.7 Å². The van der Waals surface area contributed by atoms with Gasteiger partial charge in [0.25, 0.3) is 0 Å². The van der Waals surface area contributed by atoms with E-state index in [0.29, 0.717) is 11.0 Å². The summed E-state index contributed by atoms with van der Waals surface area (Å²) in [6.07, 6.45) is 0. The molecule has 0 aliphatic carbocycles. The number of benzene rings is 3. The Balaban J connectivity index is 1.87. The van der Waals surface area contributed by atoms with E-state index in [2.05, 4.69) is 0 Å². The van der Waals surface area contributed by atoms with Crippen LogP contribution in [-0.2, 0) is 9.31 Å². The molecule has 0 N–H and O–H groups in total. The lowest BCUT2D eigenvalue weighted by atomic mass is 9.78. The van der Waals surface area contributed by atoms with Gasteiger partial charge in [0.1, 0.15) is 11.2 Å². The van der Waals surface area contributed by atoms with E-state index in [1.165, 1.54) is 0 Å². The SMILES string of the molecule is [2H]c1c(B2OC(C)(C)C(C)(C)O2)c([2H])c2c(oc3ccc4ccccc4c32)c1[2H]. The molecule has 1 aliphatic heterocycles. The molecule has 1 saturated heterocycles. The van der Waals surface area contributed by atoms with Crippen molar-refractivity contribution in [3.05, 3.63) is 54.5 Å². The van der Waals surface area contributed by atoms with E-state index in [9.17, 15) is 0 Å². The monoisotopic (exact) mass is 347 g/mol. The van der Waals surface area contributed by atoms with Crippen molar-refractivity contribution in [2.45, 2.75) is 38.9 Å². The topological polar surface area (TPSA) is 31.6 Å². The molecular formula is C22H21BO3. The molecule has 0 radical (unpaired) electrons. The van der Waals surface area contributed by atoms with Crippen molar-refractivity contribution in [2.24, 2.45) is 0 Å². The van der Waals surface area contributed by atoms with Crippen LogP contribution in [0.25, 0.3) is 32.7 Å². The lowest BCUT2D eigenvalue weighted by molar-refractivity contribution is 0.00578. The van der Waals surface area contributed by atoms with Crippen LogP contribution in [0.5, 0.6) is 0 Å². The van der Waals surface area contributed by atoms with Gasteiger partial charge in [0.2, 0.25) is 0 Å². The lowest BCUT2D eigenvalue weighted by Crippen LogP contribution is -2.41. The second kappa shape index (κ2) is 5.12. The number of hydrogen-bond acceptors (Lipinski definition) is 3. The largest absolute Gasteiger partial charge is 0.494 e. The minimum atomic E-state index is -0.881. The highest BCUT2D eigenvalue weighted by Gasteiger charge is 2.51. The minimum Gasteiger partial charge on any atom is -0.456 e. The first kappa shape index (κ1) is 13.0. The van der Waals surface area contributed by atoms with Crippen LogP contribution in [-0.4, -0.2) is 18.3 Å². The third-order valence-corrected chi connectivity index (χ3v) is 5.64. The molecule has 0 spiro atoms. The van der Waals surface area contributed by atoms with Gasteiger partial charge in [-0.15, -0.1) is 0 Å². The molecule has 0 amide bonds. The fourth-order valence-corrected chi connectivity index (χ4v) is 3.45. The number of fused-ring (bicyclic) bond motifs is 5. The van der Waals surface area contributed by atoms with Crippen LogP contribution in [0.1, 0.15) is 31.8 Å². The highest BCUT2D eigenvalue weighted by molar-refractivity contribution is 6.62. The fourth-order valence-electron chi connectivity index (χ4n) is 3.45. The Bertz CT molecular complexity index is 1290. The first-order valence-electron chi connectivity index (χ1n) is 10.3. The van der Waals surface area contributed by atoms with Crippen molar-refractivity contribution < 1.29 is 17.8 Å². The van der Waals surface area contributed by atoms with Crippen LogP contribution < -0.4 is 5.46 Å². The Labute approximate surface area is 157 Å². The maximum Gasteiger partial charge on any atom is 0.494 e. The average molecular weight is 347 g/mol. The van der Waals surface area contributed by atoms with Crippen LogP contribution >= 0.6 is 0 Å². The predicted molar refractivity (Wildman–Crippen MR) is 107 cm³/mol. The zero-order chi connectivity index (χ0) is 20.7. The zero-order valence-corrected chi connectivity index (χ0v) is 15.3. The van der Waals surface area contributed by atoms with Crippen LogP contribution in [0.3, 0.4) is 0 Å². The molecule has 26 heavy (non-hydrogen) atoms. The maximum absolute atomic E-state index is 8.95. The lowest BCUT2D eigenvalue weighted by Gasteiger charge is -2.32. The van der Waals surface area contributed by atoms with E-state index in [0.717, 1.165) is 16.2 Å². The molecule has 0 unspecified atom stereocenters. The number of rotatable bonds is 1. The molecule has 3 nitrogen and oxygen atoms in total. The molecule has 2 heterocycles. The van der Waals surface area contributed by atoms with E-state index in [1.54, 1.807) is 0 Å². The Kier molecular flexibility index (Phi) is 2.55. The quantitative estimate of drug-likeness (QED) is 0.452. The molecule has 0 saturated carbocycles. The summed E-state index contributed by atoms with van der Waals surface area (Å²) in [4.78, 5) is 0. The molecule has 0 bridgehead atoms.